The first kappa shape index (κ1) is 14.8. The minimum atomic E-state index is 0. The first-order valence-corrected chi connectivity index (χ1v) is 6.97. The molecule has 1 aliphatic carbocycles. The lowest BCUT2D eigenvalue weighted by molar-refractivity contribution is 0.814. The Bertz CT molecular complexity index is 819. The van der Waals surface area contributed by atoms with E-state index in [1.54, 1.807) is 11.3 Å². The van der Waals surface area contributed by atoms with Gasteiger partial charge in [-0.25, -0.2) is 9.56 Å². The molecule has 1 aromatic rings. The summed E-state index contributed by atoms with van der Waals surface area (Å²) in [7, 11) is 4.09. The van der Waals surface area contributed by atoms with Gasteiger partial charge in [0, 0.05) is 17.8 Å². The highest BCUT2D eigenvalue weighted by Crippen LogP contribution is 2.31. The number of anilines is 1. The van der Waals surface area contributed by atoms with Gasteiger partial charge in [-0.05, 0) is 30.7 Å². The molecule has 0 atom stereocenters. The lowest BCUT2D eigenvalue weighted by Gasteiger charge is -2.07. The van der Waals surface area contributed by atoms with Gasteiger partial charge in [-0.15, -0.1) is 23.7 Å². The van der Waals surface area contributed by atoms with Crippen LogP contribution in [-0.4, -0.2) is 19.1 Å². The van der Waals surface area contributed by atoms with Crippen LogP contribution in [0.25, 0.3) is 20.8 Å². The van der Waals surface area contributed by atoms with Gasteiger partial charge >= 0.3 is 0 Å². The standard InChI is InChI=1S/C15H15N3S.ClH/c1-9-6-13-15(8-11(9)16)19-14-7-10(18(2)3)4-5-12(14)17-13;/h4-8,16H,1-3H3;1H/p+1. The van der Waals surface area contributed by atoms with Gasteiger partial charge in [-0.2, -0.15) is 0 Å². The number of benzene rings is 2. The summed E-state index contributed by atoms with van der Waals surface area (Å²) in [4.78, 5) is 5.90. The van der Waals surface area contributed by atoms with Crippen LogP contribution in [0.15, 0.2) is 30.3 Å². The maximum absolute atomic E-state index is 5.98. The molecule has 0 spiro atoms. The summed E-state index contributed by atoms with van der Waals surface area (Å²) in [6, 6.07) is 10.4. The third-order valence-electron chi connectivity index (χ3n) is 3.27. The molecule has 1 heterocycles. The Kier molecular flexibility index (Phi) is 3.97. The molecule has 0 bridgehead atoms. The van der Waals surface area contributed by atoms with Gasteiger partial charge in [-0.3, -0.25) is 0 Å². The van der Waals surface area contributed by atoms with Gasteiger partial charge in [0.1, 0.15) is 14.1 Å². The molecule has 3 nitrogen and oxygen atoms in total. The first-order valence-electron chi connectivity index (χ1n) is 6.15. The number of fused-ring (bicyclic) bond motifs is 2. The van der Waals surface area contributed by atoms with E-state index in [1.165, 1.54) is 10.2 Å². The largest absolute Gasteiger partial charge is 0.398 e. The zero-order chi connectivity index (χ0) is 13.6. The maximum atomic E-state index is 5.98. The summed E-state index contributed by atoms with van der Waals surface area (Å²) < 4.78 is 3.23. The van der Waals surface area contributed by atoms with Gasteiger partial charge in [-0.1, -0.05) is 0 Å². The van der Waals surface area contributed by atoms with E-state index in [-0.39, 0.29) is 12.4 Å². The zero-order valence-electron chi connectivity index (χ0n) is 11.7. The van der Waals surface area contributed by atoms with Gasteiger partial charge < -0.3 is 5.73 Å². The second kappa shape index (κ2) is 5.38. The van der Waals surface area contributed by atoms with E-state index in [0.29, 0.717) is 0 Å². The van der Waals surface area contributed by atoms with Crippen LogP contribution in [0, 0.1) is 6.92 Å². The molecule has 104 valence electrons. The second-order valence-corrected chi connectivity index (χ2v) is 6.02. The zero-order valence-corrected chi connectivity index (χ0v) is 13.3. The summed E-state index contributed by atoms with van der Waals surface area (Å²) in [5.74, 6) is 0. The lowest BCUT2D eigenvalue weighted by atomic mass is 10.2. The highest BCUT2D eigenvalue weighted by molar-refractivity contribution is 7.21. The average Bonchev–Trinajstić information content (AvgIpc) is 2.37. The molecule has 0 aromatic heterocycles. The molecule has 2 N–H and O–H groups in total. The van der Waals surface area contributed by atoms with Crippen molar-refractivity contribution in [3.8, 4) is 10.6 Å². The number of hydrogen-bond acceptors (Lipinski definition) is 3. The molecule has 0 saturated heterocycles. The summed E-state index contributed by atoms with van der Waals surface area (Å²) in [6.07, 6.45) is 0. The van der Waals surface area contributed by atoms with Crippen molar-refractivity contribution in [3.05, 3.63) is 41.3 Å². The van der Waals surface area contributed by atoms with Crippen molar-refractivity contribution in [1.29, 1.82) is 0 Å². The van der Waals surface area contributed by atoms with Gasteiger partial charge in [0.05, 0.1) is 20.8 Å². The molecule has 5 heteroatoms. The average molecular weight is 307 g/mol. The third kappa shape index (κ3) is 2.49. The Hall–Kier alpha value is -1.65. The summed E-state index contributed by atoms with van der Waals surface area (Å²) in [6.45, 7) is 2.01. The van der Waals surface area contributed by atoms with Crippen LogP contribution in [0.3, 0.4) is 0 Å². The van der Waals surface area contributed by atoms with E-state index in [0.717, 1.165) is 27.2 Å². The monoisotopic (exact) mass is 306 g/mol. The van der Waals surface area contributed by atoms with E-state index in [4.69, 9.17) is 10.7 Å². The van der Waals surface area contributed by atoms with Crippen LogP contribution < -0.4 is 15.7 Å². The number of rotatable bonds is 0. The molecular weight excluding hydrogens is 290 g/mol. The van der Waals surface area contributed by atoms with Crippen molar-refractivity contribution in [2.75, 3.05) is 19.8 Å². The Morgan fingerprint density at radius 2 is 1.90 bits per heavy atom. The third-order valence-corrected chi connectivity index (χ3v) is 4.36. The van der Waals surface area contributed by atoms with E-state index >= 15 is 0 Å². The van der Waals surface area contributed by atoms with Gasteiger partial charge in [0.15, 0.2) is 0 Å². The topological polar surface area (TPSA) is 41.9 Å². The van der Waals surface area contributed by atoms with Crippen LogP contribution in [-0.2, 0) is 0 Å². The number of halogens is 1. The van der Waals surface area contributed by atoms with E-state index in [2.05, 4.69) is 28.8 Å². The molecule has 1 aliphatic heterocycles. The minimum absolute atomic E-state index is 0. The van der Waals surface area contributed by atoms with Crippen LogP contribution in [0.5, 0.6) is 0 Å². The predicted octanol–water partition coefficient (Wildman–Crippen LogP) is 2.75. The Labute approximate surface area is 128 Å². The van der Waals surface area contributed by atoms with Gasteiger partial charge in [0.2, 0.25) is 5.36 Å². The fraction of sp³-hybridized carbons (Fsp3) is 0.200. The summed E-state index contributed by atoms with van der Waals surface area (Å²) in [5, 5.41) is 1.19. The highest BCUT2D eigenvalue weighted by Gasteiger charge is 2.09. The molecule has 0 radical (unpaired) electrons. The number of nitrogen functional groups attached to an aromatic ring is 1. The summed E-state index contributed by atoms with van der Waals surface area (Å²) in [5.41, 5.74) is 9.94. The predicted molar refractivity (Wildman–Crippen MR) is 89.8 cm³/mol. The molecule has 20 heavy (non-hydrogen) atoms. The number of nitrogens with zero attached hydrogens (tertiary/aromatic N) is 2. The molecule has 1 aromatic carbocycles. The van der Waals surface area contributed by atoms with Crippen molar-refractivity contribution >= 4 is 39.6 Å². The van der Waals surface area contributed by atoms with Crippen molar-refractivity contribution < 1.29 is 0 Å². The maximum Gasteiger partial charge on any atom is 0.201 e. The van der Waals surface area contributed by atoms with Crippen molar-refractivity contribution in [1.82, 2.24) is 9.56 Å². The molecule has 0 amide bonds. The Morgan fingerprint density at radius 1 is 1.15 bits per heavy atom. The summed E-state index contributed by atoms with van der Waals surface area (Å²) >= 11 is 1.74. The van der Waals surface area contributed by atoms with Crippen molar-refractivity contribution in [2.45, 2.75) is 6.92 Å². The SMILES string of the molecule is Cc1cc2nc3ccc(=[N+](C)C)cc-3sc2cc1N.Cl. The quantitative estimate of drug-likeness (QED) is 0.394. The van der Waals surface area contributed by atoms with E-state index in [1.807, 2.05) is 27.1 Å². The Morgan fingerprint density at radius 3 is 2.60 bits per heavy atom. The Balaban J connectivity index is 0.00000147. The number of aryl methyl sites for hydroxylation is 1. The molecule has 0 saturated carbocycles. The number of nitrogens with two attached hydrogens (primary N) is 1. The van der Waals surface area contributed by atoms with Crippen LogP contribution in [0.1, 0.15) is 5.56 Å². The smallest absolute Gasteiger partial charge is 0.201 e. The molecule has 2 aliphatic rings. The van der Waals surface area contributed by atoms with E-state index < -0.39 is 0 Å². The van der Waals surface area contributed by atoms with E-state index in [9.17, 15) is 0 Å². The molecule has 0 fully saturated rings. The van der Waals surface area contributed by atoms with Gasteiger partial charge in [0.25, 0.3) is 0 Å². The van der Waals surface area contributed by atoms with Crippen LogP contribution in [0.4, 0.5) is 5.69 Å². The highest BCUT2D eigenvalue weighted by atomic mass is 35.5. The first-order chi connectivity index (χ1) is 9.04. The van der Waals surface area contributed by atoms with Crippen LogP contribution >= 0.6 is 23.7 Å². The molecule has 3 rings (SSSR count). The number of hydrogen-bond donors (Lipinski definition) is 1. The fourth-order valence-electron chi connectivity index (χ4n) is 2.06. The van der Waals surface area contributed by atoms with Crippen LogP contribution in [0.2, 0.25) is 0 Å². The number of aromatic nitrogens is 1. The van der Waals surface area contributed by atoms with Crippen molar-refractivity contribution in [2.24, 2.45) is 0 Å². The lowest BCUT2D eigenvalue weighted by Crippen LogP contribution is -2.21. The second-order valence-electron chi connectivity index (χ2n) is 4.94. The molecular formula is C15H17ClN3S+. The minimum Gasteiger partial charge on any atom is -0.398 e. The molecule has 0 unspecified atom stereocenters. The normalized spacial score (nSPS) is 10.6. The van der Waals surface area contributed by atoms with Crippen molar-refractivity contribution in [3.63, 3.8) is 0 Å². The fourth-order valence-corrected chi connectivity index (χ4v) is 3.09.